The molecule has 24 heavy (non-hydrogen) atoms. The molecule has 3 heteroatoms. The van der Waals surface area contributed by atoms with Crippen molar-refractivity contribution in [3.05, 3.63) is 60.2 Å². The summed E-state index contributed by atoms with van der Waals surface area (Å²) in [5.74, 6) is 5.83. The minimum atomic E-state index is -1.78. The largest absolute Gasteiger partial charge is 0.376 e. The molecule has 3 saturated heterocycles. The average Bonchev–Trinajstić information content (AvgIpc) is 2.63. The zero-order chi connectivity index (χ0) is 16.6. The van der Waals surface area contributed by atoms with Gasteiger partial charge in [0.15, 0.2) is 0 Å². The van der Waals surface area contributed by atoms with Crippen molar-refractivity contribution >= 4 is 0 Å². The Morgan fingerprint density at radius 2 is 1.71 bits per heavy atom. The van der Waals surface area contributed by atoms with Gasteiger partial charge in [-0.1, -0.05) is 54.3 Å². The van der Waals surface area contributed by atoms with Gasteiger partial charge in [0.05, 0.1) is 0 Å². The summed E-state index contributed by atoms with van der Waals surface area (Å²) in [4.78, 5) is 2.22. The van der Waals surface area contributed by atoms with Crippen LogP contribution in [0.4, 0.5) is 4.39 Å². The van der Waals surface area contributed by atoms with Gasteiger partial charge in [0.1, 0.15) is 5.60 Å². The highest BCUT2D eigenvalue weighted by Crippen LogP contribution is 2.36. The number of alkyl halides is 1. The first-order chi connectivity index (χ1) is 11.6. The van der Waals surface area contributed by atoms with E-state index in [9.17, 15) is 9.50 Å². The summed E-state index contributed by atoms with van der Waals surface area (Å²) in [6.07, 6.45) is 8.64. The van der Waals surface area contributed by atoms with E-state index >= 15 is 0 Å². The molecule has 0 aromatic heterocycles. The van der Waals surface area contributed by atoms with Gasteiger partial charge < -0.3 is 5.11 Å². The Balaban J connectivity index is 1.51. The van der Waals surface area contributed by atoms with E-state index in [2.05, 4.69) is 16.7 Å². The van der Waals surface area contributed by atoms with Crippen molar-refractivity contribution in [1.29, 1.82) is 0 Å². The Morgan fingerprint density at radius 3 is 2.29 bits per heavy atom. The standard InChI is InChI=1S/C21H22FNO/c22-20(10-6-18(7-11-20)17-4-2-1-3-5-17)12-13-21(24)16-23-14-8-19(21)9-15-23/h1-7,10-11,18-19,24H,8-9,14-16H2. The van der Waals surface area contributed by atoms with Gasteiger partial charge in [-0.3, -0.25) is 4.90 Å². The van der Waals surface area contributed by atoms with Crippen LogP contribution in [0.3, 0.4) is 0 Å². The monoisotopic (exact) mass is 323 g/mol. The molecule has 2 nitrogen and oxygen atoms in total. The van der Waals surface area contributed by atoms with Crippen molar-refractivity contribution in [2.24, 2.45) is 5.92 Å². The lowest BCUT2D eigenvalue weighted by Crippen LogP contribution is -2.58. The Hall–Kier alpha value is -1.89. The van der Waals surface area contributed by atoms with Gasteiger partial charge in [0, 0.05) is 18.4 Å². The van der Waals surface area contributed by atoms with Gasteiger partial charge >= 0.3 is 0 Å². The minimum absolute atomic E-state index is 0.0803. The number of hydrogen-bond donors (Lipinski definition) is 1. The van der Waals surface area contributed by atoms with Crippen molar-refractivity contribution in [2.75, 3.05) is 19.6 Å². The van der Waals surface area contributed by atoms with Crippen LogP contribution in [0.25, 0.3) is 0 Å². The van der Waals surface area contributed by atoms with Crippen molar-refractivity contribution in [3.8, 4) is 11.8 Å². The van der Waals surface area contributed by atoms with Crippen LogP contribution in [0.2, 0.25) is 0 Å². The van der Waals surface area contributed by atoms with Crippen LogP contribution < -0.4 is 0 Å². The summed E-state index contributed by atoms with van der Waals surface area (Å²) in [6.45, 7) is 2.59. The average molecular weight is 323 g/mol. The topological polar surface area (TPSA) is 23.5 Å². The zero-order valence-corrected chi connectivity index (χ0v) is 13.7. The number of rotatable bonds is 1. The molecule has 2 bridgehead atoms. The fourth-order valence-corrected chi connectivity index (χ4v) is 3.97. The molecule has 1 atom stereocenters. The van der Waals surface area contributed by atoms with E-state index in [0.717, 1.165) is 31.5 Å². The summed E-state index contributed by atoms with van der Waals surface area (Å²) in [5.41, 5.74) is -1.71. The van der Waals surface area contributed by atoms with Crippen LogP contribution in [-0.2, 0) is 0 Å². The van der Waals surface area contributed by atoms with Crippen LogP contribution >= 0.6 is 0 Å². The summed E-state index contributed by atoms with van der Waals surface area (Å²) in [7, 11) is 0. The smallest absolute Gasteiger partial charge is 0.207 e. The van der Waals surface area contributed by atoms with Crippen LogP contribution in [0.1, 0.15) is 24.3 Å². The Morgan fingerprint density at radius 1 is 1.04 bits per heavy atom. The van der Waals surface area contributed by atoms with Crippen LogP contribution in [0.15, 0.2) is 54.6 Å². The molecule has 1 N–H and O–H groups in total. The Bertz CT molecular complexity index is 707. The van der Waals surface area contributed by atoms with E-state index in [-0.39, 0.29) is 11.8 Å². The molecule has 5 rings (SSSR count). The second kappa shape index (κ2) is 5.88. The van der Waals surface area contributed by atoms with E-state index in [1.165, 1.54) is 12.2 Å². The number of halogens is 1. The maximum atomic E-state index is 15.0. The SMILES string of the molecule is OC1(C#CC2(F)C=CC(c3ccccc3)C=C2)CN2CCC1CC2. The highest BCUT2D eigenvalue weighted by molar-refractivity contribution is 5.42. The molecular formula is C21H22FNO. The van der Waals surface area contributed by atoms with Gasteiger partial charge in [0.2, 0.25) is 5.67 Å². The second-order valence-electron chi connectivity index (χ2n) is 7.15. The van der Waals surface area contributed by atoms with Crippen molar-refractivity contribution in [1.82, 2.24) is 4.90 Å². The fourth-order valence-electron chi connectivity index (χ4n) is 3.97. The third kappa shape index (κ3) is 2.92. The summed E-state index contributed by atoms with van der Waals surface area (Å²) in [5, 5.41) is 10.8. The molecule has 0 radical (unpaired) electrons. The van der Waals surface area contributed by atoms with Crippen LogP contribution in [0, 0.1) is 17.8 Å². The molecular weight excluding hydrogens is 301 g/mol. The lowest BCUT2D eigenvalue weighted by atomic mass is 9.75. The van der Waals surface area contributed by atoms with E-state index in [4.69, 9.17) is 0 Å². The minimum Gasteiger partial charge on any atom is -0.376 e. The normalized spacial score (nSPS) is 40.2. The maximum Gasteiger partial charge on any atom is 0.207 e. The molecule has 3 fully saturated rings. The van der Waals surface area contributed by atoms with Gasteiger partial charge in [0.25, 0.3) is 0 Å². The van der Waals surface area contributed by atoms with Crippen molar-refractivity contribution in [3.63, 3.8) is 0 Å². The molecule has 0 spiro atoms. The number of fused-ring (bicyclic) bond motifs is 3. The van der Waals surface area contributed by atoms with Gasteiger partial charge in [-0.25, -0.2) is 4.39 Å². The van der Waals surface area contributed by atoms with Gasteiger partial charge in [-0.15, -0.1) is 0 Å². The maximum absolute atomic E-state index is 15.0. The molecule has 1 unspecified atom stereocenters. The molecule has 0 saturated carbocycles. The van der Waals surface area contributed by atoms with Crippen LogP contribution in [-0.4, -0.2) is 40.9 Å². The quantitative estimate of drug-likeness (QED) is 0.634. The summed E-state index contributed by atoms with van der Waals surface area (Å²) < 4.78 is 15.0. The first-order valence-electron chi connectivity index (χ1n) is 8.68. The molecule has 124 valence electrons. The number of nitrogens with zero attached hydrogens (tertiary/aromatic N) is 1. The van der Waals surface area contributed by atoms with E-state index in [1.807, 2.05) is 42.5 Å². The van der Waals surface area contributed by atoms with E-state index in [1.54, 1.807) is 0 Å². The molecule has 1 aliphatic carbocycles. The van der Waals surface area contributed by atoms with E-state index < -0.39 is 11.3 Å². The molecule has 3 aliphatic heterocycles. The lowest BCUT2D eigenvalue weighted by Gasteiger charge is -2.47. The number of benzene rings is 1. The highest BCUT2D eigenvalue weighted by Gasteiger charge is 2.44. The van der Waals surface area contributed by atoms with Crippen molar-refractivity contribution in [2.45, 2.75) is 30.0 Å². The summed E-state index contributed by atoms with van der Waals surface area (Å²) in [6, 6.07) is 10.0. The fraction of sp³-hybridized carbons (Fsp3) is 0.429. The molecule has 1 aromatic carbocycles. The van der Waals surface area contributed by atoms with Gasteiger partial charge in [-0.05, 0) is 43.6 Å². The first kappa shape index (κ1) is 15.6. The number of allylic oxidation sites excluding steroid dienone is 4. The Labute approximate surface area is 142 Å². The number of hydrogen-bond acceptors (Lipinski definition) is 2. The predicted molar refractivity (Wildman–Crippen MR) is 93.2 cm³/mol. The second-order valence-corrected chi connectivity index (χ2v) is 7.15. The Kier molecular flexibility index (Phi) is 3.83. The molecule has 3 heterocycles. The predicted octanol–water partition coefficient (Wildman–Crippen LogP) is 3.06. The van der Waals surface area contributed by atoms with Crippen molar-refractivity contribution < 1.29 is 9.50 Å². The highest BCUT2D eigenvalue weighted by atomic mass is 19.1. The molecule has 1 aromatic rings. The molecule has 0 amide bonds. The van der Waals surface area contributed by atoms with Crippen LogP contribution in [0.5, 0.6) is 0 Å². The summed E-state index contributed by atoms with van der Waals surface area (Å²) >= 11 is 0. The third-order valence-electron chi connectivity index (χ3n) is 5.47. The number of aliphatic hydroxyl groups is 1. The number of piperidine rings is 3. The first-order valence-corrected chi connectivity index (χ1v) is 8.68. The van der Waals surface area contributed by atoms with E-state index in [0.29, 0.717) is 6.54 Å². The third-order valence-corrected chi connectivity index (χ3v) is 5.47. The zero-order valence-electron chi connectivity index (χ0n) is 13.7. The molecule has 4 aliphatic rings. The van der Waals surface area contributed by atoms with Gasteiger partial charge in [-0.2, -0.15) is 0 Å². The lowest BCUT2D eigenvalue weighted by molar-refractivity contribution is -0.0714.